The Labute approximate surface area is 78.1 Å². The van der Waals surface area contributed by atoms with E-state index in [9.17, 15) is 0 Å². The van der Waals surface area contributed by atoms with Crippen molar-refractivity contribution >= 4 is 0 Å². The fourth-order valence-corrected chi connectivity index (χ4v) is 1.62. The molecular weight excluding hydrogens is 164 g/mol. The Morgan fingerprint density at radius 2 is 2.23 bits per heavy atom. The lowest BCUT2D eigenvalue weighted by atomic mass is 10.1. The Hall–Kier alpha value is -1.09. The molecule has 0 aromatic carbocycles. The molecule has 0 saturated carbocycles. The quantitative estimate of drug-likeness (QED) is 0.703. The predicted molar refractivity (Wildman–Crippen MR) is 49.5 cm³/mol. The van der Waals surface area contributed by atoms with Gasteiger partial charge in [-0.2, -0.15) is 0 Å². The summed E-state index contributed by atoms with van der Waals surface area (Å²) in [6, 6.07) is 3.87. The molecule has 2 N–H and O–H groups in total. The second-order valence-electron chi connectivity index (χ2n) is 3.37. The lowest BCUT2D eigenvalue weighted by molar-refractivity contribution is -0.664. The average Bonchev–Trinajstić information content (AvgIpc) is 2.21. The van der Waals surface area contributed by atoms with Gasteiger partial charge in [0.2, 0.25) is 0 Å². The van der Waals surface area contributed by atoms with Crippen LogP contribution in [0, 0.1) is 0 Å². The number of nitrogens with two attached hydrogens (primary N) is 1. The van der Waals surface area contributed by atoms with Crippen molar-refractivity contribution in [1.82, 2.24) is 4.98 Å². The number of ether oxygens (including phenoxy) is 1. The van der Waals surface area contributed by atoms with Gasteiger partial charge in [-0.1, -0.05) is 0 Å². The average molecular weight is 179 g/mol. The minimum Gasteiger partial charge on any atom is -0.488 e. The van der Waals surface area contributed by atoms with Gasteiger partial charge in [-0.05, 0) is 12.1 Å². The van der Waals surface area contributed by atoms with Gasteiger partial charge in [0.25, 0.3) is 0 Å². The van der Waals surface area contributed by atoms with E-state index >= 15 is 0 Å². The van der Waals surface area contributed by atoms with Gasteiger partial charge >= 0.3 is 0 Å². The minimum atomic E-state index is 0.397. The highest BCUT2D eigenvalue weighted by Crippen LogP contribution is 2.12. The molecule has 1 aliphatic rings. The Morgan fingerprint density at radius 1 is 1.38 bits per heavy atom. The van der Waals surface area contributed by atoms with E-state index in [4.69, 9.17) is 4.74 Å². The maximum Gasteiger partial charge on any atom is 0.138 e. The molecule has 3 heteroatoms. The summed E-state index contributed by atoms with van der Waals surface area (Å²) in [5.74, 6) is 0.898. The molecule has 0 aliphatic carbocycles. The summed E-state index contributed by atoms with van der Waals surface area (Å²) in [6.45, 7) is 2.37. The van der Waals surface area contributed by atoms with E-state index in [1.54, 1.807) is 12.4 Å². The van der Waals surface area contributed by atoms with Crippen LogP contribution in [0.25, 0.3) is 0 Å². The normalized spacial score (nSPS) is 18.5. The molecule has 2 rings (SSSR count). The molecule has 0 atom stereocenters. The monoisotopic (exact) mass is 179 g/mol. The zero-order chi connectivity index (χ0) is 8.93. The number of nitrogens with zero attached hydrogens (tertiary/aromatic N) is 1. The molecule has 0 bridgehead atoms. The lowest BCUT2D eigenvalue weighted by Crippen LogP contribution is -2.86. The van der Waals surface area contributed by atoms with Crippen LogP contribution in [0.1, 0.15) is 12.8 Å². The van der Waals surface area contributed by atoms with E-state index in [-0.39, 0.29) is 0 Å². The highest BCUT2D eigenvalue weighted by Gasteiger charge is 2.16. The van der Waals surface area contributed by atoms with E-state index < -0.39 is 0 Å². The molecule has 1 aromatic heterocycles. The van der Waals surface area contributed by atoms with Gasteiger partial charge in [0.1, 0.15) is 11.9 Å². The summed E-state index contributed by atoms with van der Waals surface area (Å²) in [5.41, 5.74) is 0. The first-order chi connectivity index (χ1) is 6.45. The van der Waals surface area contributed by atoms with Crippen molar-refractivity contribution < 1.29 is 10.1 Å². The fourth-order valence-electron chi connectivity index (χ4n) is 1.62. The standard InChI is InChI=1S/C10H14N2O/c1-2-10(8-12-5-1)13-9-3-6-11-7-4-9/h1-2,5,8-9,11H,3-4,6-7H2/p+1. The number of quaternary nitrogens is 1. The molecule has 13 heavy (non-hydrogen) atoms. The number of hydrogen-bond donors (Lipinski definition) is 1. The van der Waals surface area contributed by atoms with E-state index in [2.05, 4.69) is 10.3 Å². The maximum atomic E-state index is 5.77. The van der Waals surface area contributed by atoms with Crippen molar-refractivity contribution in [3.63, 3.8) is 0 Å². The van der Waals surface area contributed by atoms with Crippen molar-refractivity contribution in [2.45, 2.75) is 18.9 Å². The third kappa shape index (κ3) is 2.42. The third-order valence-electron chi connectivity index (χ3n) is 2.32. The van der Waals surface area contributed by atoms with E-state index in [1.807, 2.05) is 12.1 Å². The van der Waals surface area contributed by atoms with Crippen LogP contribution in [0.15, 0.2) is 24.5 Å². The molecule has 0 unspecified atom stereocenters. The van der Waals surface area contributed by atoms with Gasteiger partial charge in [-0.3, -0.25) is 4.98 Å². The third-order valence-corrected chi connectivity index (χ3v) is 2.32. The van der Waals surface area contributed by atoms with Gasteiger partial charge < -0.3 is 10.1 Å². The predicted octanol–water partition coefficient (Wildman–Crippen LogP) is 0.186. The smallest absolute Gasteiger partial charge is 0.138 e. The Balaban J connectivity index is 1.90. The SMILES string of the molecule is c1cncc(OC2CC[NH2+]CC2)c1. The number of hydrogen-bond acceptors (Lipinski definition) is 2. The van der Waals surface area contributed by atoms with Gasteiger partial charge in [-0.15, -0.1) is 0 Å². The highest BCUT2D eigenvalue weighted by molar-refractivity contribution is 5.15. The summed E-state index contributed by atoms with van der Waals surface area (Å²) in [4.78, 5) is 4.02. The van der Waals surface area contributed by atoms with Crippen molar-refractivity contribution in [1.29, 1.82) is 0 Å². The van der Waals surface area contributed by atoms with Crippen molar-refractivity contribution in [2.75, 3.05) is 13.1 Å². The van der Waals surface area contributed by atoms with E-state index in [0.29, 0.717) is 6.10 Å². The lowest BCUT2D eigenvalue weighted by Gasteiger charge is -2.21. The van der Waals surface area contributed by atoms with E-state index in [1.165, 1.54) is 13.1 Å². The fraction of sp³-hybridized carbons (Fsp3) is 0.500. The van der Waals surface area contributed by atoms with Crippen LogP contribution in [0.3, 0.4) is 0 Å². The number of piperidine rings is 1. The van der Waals surface area contributed by atoms with Crippen LogP contribution in [0.4, 0.5) is 0 Å². The molecule has 1 aliphatic heterocycles. The zero-order valence-electron chi connectivity index (χ0n) is 7.65. The van der Waals surface area contributed by atoms with Gasteiger partial charge in [0.05, 0.1) is 19.3 Å². The Kier molecular flexibility index (Phi) is 2.77. The van der Waals surface area contributed by atoms with Crippen molar-refractivity contribution in [3.05, 3.63) is 24.5 Å². The molecule has 2 heterocycles. The molecule has 70 valence electrons. The van der Waals surface area contributed by atoms with E-state index in [0.717, 1.165) is 18.6 Å². The largest absolute Gasteiger partial charge is 0.488 e. The van der Waals surface area contributed by atoms with Gasteiger partial charge in [0.15, 0.2) is 0 Å². The summed E-state index contributed by atoms with van der Waals surface area (Å²) in [5, 5.41) is 2.34. The van der Waals surface area contributed by atoms with Crippen LogP contribution < -0.4 is 10.1 Å². The molecule has 0 spiro atoms. The number of pyridine rings is 1. The van der Waals surface area contributed by atoms with Crippen LogP contribution >= 0.6 is 0 Å². The molecule has 0 amide bonds. The summed E-state index contributed by atoms with van der Waals surface area (Å²) >= 11 is 0. The highest BCUT2D eigenvalue weighted by atomic mass is 16.5. The zero-order valence-corrected chi connectivity index (χ0v) is 7.65. The second-order valence-corrected chi connectivity index (χ2v) is 3.37. The topological polar surface area (TPSA) is 38.7 Å². The van der Waals surface area contributed by atoms with Crippen LogP contribution in [0.2, 0.25) is 0 Å². The summed E-state index contributed by atoms with van der Waals surface area (Å²) in [6.07, 6.45) is 6.23. The number of aromatic nitrogens is 1. The maximum absolute atomic E-state index is 5.77. The minimum absolute atomic E-state index is 0.397. The molecule has 1 fully saturated rings. The summed E-state index contributed by atoms with van der Waals surface area (Å²) < 4.78 is 5.77. The first-order valence-electron chi connectivity index (χ1n) is 4.83. The van der Waals surface area contributed by atoms with Crippen LogP contribution in [0.5, 0.6) is 5.75 Å². The second kappa shape index (κ2) is 4.23. The first-order valence-corrected chi connectivity index (χ1v) is 4.83. The summed E-state index contributed by atoms with van der Waals surface area (Å²) in [7, 11) is 0. The Bertz CT molecular complexity index is 244. The number of rotatable bonds is 2. The van der Waals surface area contributed by atoms with Crippen LogP contribution in [-0.4, -0.2) is 24.2 Å². The van der Waals surface area contributed by atoms with Crippen LogP contribution in [-0.2, 0) is 0 Å². The van der Waals surface area contributed by atoms with Crippen molar-refractivity contribution in [2.24, 2.45) is 0 Å². The van der Waals surface area contributed by atoms with Gasteiger partial charge in [0, 0.05) is 19.0 Å². The molecule has 0 radical (unpaired) electrons. The molecule has 1 saturated heterocycles. The molecule has 1 aromatic rings. The van der Waals surface area contributed by atoms with Crippen molar-refractivity contribution in [3.8, 4) is 5.75 Å². The first kappa shape index (κ1) is 8.51. The molecular formula is C10H15N2O+. The molecule has 3 nitrogen and oxygen atoms in total. The van der Waals surface area contributed by atoms with Gasteiger partial charge in [-0.25, -0.2) is 0 Å². The Morgan fingerprint density at radius 3 is 2.92 bits per heavy atom.